The molecule has 190 valence electrons. The fourth-order valence-electron chi connectivity index (χ4n) is 4.62. The van der Waals surface area contributed by atoms with Crippen LogP contribution in [-0.4, -0.2) is 29.1 Å². The second-order valence-corrected chi connectivity index (χ2v) is 9.51. The van der Waals surface area contributed by atoms with Crippen LogP contribution in [0.15, 0.2) is 74.6 Å². The van der Waals surface area contributed by atoms with E-state index in [1.54, 1.807) is 23.1 Å². The number of aromatic nitrogens is 1. The molecular weight excluding hydrogens is 468 g/mol. The van der Waals surface area contributed by atoms with E-state index in [2.05, 4.69) is 11.2 Å². The van der Waals surface area contributed by atoms with Crippen LogP contribution in [0, 0.1) is 17.2 Å². The van der Waals surface area contributed by atoms with Gasteiger partial charge in [0.15, 0.2) is 11.1 Å². The lowest BCUT2D eigenvalue weighted by atomic mass is 9.80. The minimum Gasteiger partial charge on any atom is -0.458 e. The average molecular weight is 499 g/mol. The van der Waals surface area contributed by atoms with E-state index >= 15 is 0 Å². The van der Waals surface area contributed by atoms with Crippen LogP contribution in [0.3, 0.4) is 0 Å². The van der Waals surface area contributed by atoms with Gasteiger partial charge in [0.2, 0.25) is 0 Å². The highest BCUT2D eigenvalue weighted by atomic mass is 16.5. The second kappa shape index (κ2) is 10.8. The Kier molecular flexibility index (Phi) is 7.55. The molecule has 0 bridgehead atoms. The summed E-state index contributed by atoms with van der Waals surface area (Å²) >= 11 is 0. The molecule has 4 aromatic rings. The van der Waals surface area contributed by atoms with Crippen molar-refractivity contribution in [2.75, 3.05) is 13.1 Å². The number of nitrogens with zero attached hydrogens (tertiary/aromatic N) is 3. The molecule has 2 N–H and O–H groups in total. The summed E-state index contributed by atoms with van der Waals surface area (Å²) in [6.07, 6.45) is 2.21. The summed E-state index contributed by atoms with van der Waals surface area (Å²) in [6.45, 7) is 6.56. The molecule has 0 saturated heterocycles. The van der Waals surface area contributed by atoms with E-state index in [1.807, 2.05) is 51.1 Å². The van der Waals surface area contributed by atoms with Gasteiger partial charge < -0.3 is 19.6 Å². The van der Waals surface area contributed by atoms with Crippen LogP contribution in [0.25, 0.3) is 11.0 Å². The highest BCUT2D eigenvalue weighted by Crippen LogP contribution is 2.40. The highest BCUT2D eigenvalue weighted by Gasteiger charge is 2.45. The molecule has 1 amide bonds. The Morgan fingerprint density at radius 1 is 1.19 bits per heavy atom. The molecule has 8 nitrogen and oxygen atoms in total. The van der Waals surface area contributed by atoms with Crippen LogP contribution >= 0.6 is 0 Å². The second-order valence-electron chi connectivity index (χ2n) is 9.51. The molecule has 4 rings (SSSR count). The van der Waals surface area contributed by atoms with E-state index in [0.717, 1.165) is 5.56 Å². The zero-order valence-electron chi connectivity index (χ0n) is 21.2. The van der Waals surface area contributed by atoms with Crippen LogP contribution in [-0.2, 0) is 12.0 Å². The third-order valence-corrected chi connectivity index (χ3v) is 6.97. The lowest BCUT2D eigenvalue weighted by Gasteiger charge is -2.44. The number of amides is 1. The van der Waals surface area contributed by atoms with Crippen molar-refractivity contribution in [1.29, 1.82) is 5.26 Å². The average Bonchev–Trinajstić information content (AvgIpc) is 3.45. The first-order valence-corrected chi connectivity index (χ1v) is 12.3. The van der Waals surface area contributed by atoms with Crippen molar-refractivity contribution in [3.8, 4) is 6.07 Å². The quantitative estimate of drug-likeness (QED) is 0.357. The van der Waals surface area contributed by atoms with E-state index in [-0.39, 0.29) is 22.9 Å². The number of fused-ring (bicyclic) bond motifs is 1. The lowest BCUT2D eigenvalue weighted by molar-refractivity contribution is 0.0251. The summed E-state index contributed by atoms with van der Waals surface area (Å²) in [4.78, 5) is 29.4. The zero-order valence-corrected chi connectivity index (χ0v) is 21.2. The normalized spacial score (nSPS) is 12.9. The van der Waals surface area contributed by atoms with Gasteiger partial charge in [-0.2, -0.15) is 5.26 Å². The van der Waals surface area contributed by atoms with Crippen LogP contribution in [0.2, 0.25) is 0 Å². The molecular formula is C29H30N4O4. The van der Waals surface area contributed by atoms with Crippen LogP contribution in [0.5, 0.6) is 0 Å². The molecule has 2 aromatic heterocycles. The Morgan fingerprint density at radius 3 is 2.57 bits per heavy atom. The topological polar surface area (TPSA) is 126 Å². The largest absolute Gasteiger partial charge is 0.458 e. The summed E-state index contributed by atoms with van der Waals surface area (Å²) in [7, 11) is 0. The Bertz CT molecular complexity index is 1490. The zero-order chi connectivity index (χ0) is 26.6. The maximum Gasteiger partial charge on any atom is 0.276 e. The standard InChI is InChI=1S/C29H30N4O4/c1-19(2)29(3,33(14-7-13-30)28(35)24-12-15-36-32-24)27-23(16-20-8-5-4-6-9-20)26(34)22-11-10-21(18-31)17-25(22)37-27/h4-6,8-12,15,17,19H,7,13-14,16,30H2,1-3H3. The van der Waals surface area contributed by atoms with Gasteiger partial charge in [-0.25, -0.2) is 0 Å². The minimum atomic E-state index is -1.05. The van der Waals surface area contributed by atoms with Crippen molar-refractivity contribution in [3.05, 3.63) is 99.2 Å². The molecule has 0 spiro atoms. The molecule has 0 fully saturated rings. The number of hydrogen-bond acceptors (Lipinski definition) is 7. The van der Waals surface area contributed by atoms with Gasteiger partial charge >= 0.3 is 0 Å². The highest BCUT2D eigenvalue weighted by molar-refractivity contribution is 5.92. The Hall–Kier alpha value is -4.22. The van der Waals surface area contributed by atoms with Crippen LogP contribution in [0.4, 0.5) is 0 Å². The smallest absolute Gasteiger partial charge is 0.276 e. The van der Waals surface area contributed by atoms with Crippen molar-refractivity contribution in [2.24, 2.45) is 11.7 Å². The first-order valence-electron chi connectivity index (χ1n) is 12.3. The SMILES string of the molecule is CC(C)C(C)(c1oc2cc(C#N)ccc2c(=O)c1Cc1ccccc1)N(CCCN)C(=O)c1ccon1. The number of carbonyl (C=O) groups excluding carboxylic acids is 1. The molecule has 0 saturated carbocycles. The summed E-state index contributed by atoms with van der Waals surface area (Å²) in [5.41, 5.74) is 6.83. The summed E-state index contributed by atoms with van der Waals surface area (Å²) < 4.78 is 11.5. The summed E-state index contributed by atoms with van der Waals surface area (Å²) in [6, 6.07) is 18.1. The third-order valence-electron chi connectivity index (χ3n) is 6.97. The van der Waals surface area contributed by atoms with Crippen molar-refractivity contribution >= 4 is 16.9 Å². The van der Waals surface area contributed by atoms with Crippen molar-refractivity contribution in [1.82, 2.24) is 10.1 Å². The molecule has 1 unspecified atom stereocenters. The molecule has 8 heteroatoms. The predicted octanol–water partition coefficient (Wildman–Crippen LogP) is 4.61. The molecule has 0 aliphatic heterocycles. The fourth-order valence-corrected chi connectivity index (χ4v) is 4.62. The van der Waals surface area contributed by atoms with Gasteiger partial charge in [0.05, 0.1) is 17.0 Å². The number of nitrogens with two attached hydrogens (primary N) is 1. The van der Waals surface area contributed by atoms with Crippen molar-refractivity contribution in [2.45, 2.75) is 39.2 Å². The molecule has 37 heavy (non-hydrogen) atoms. The first-order chi connectivity index (χ1) is 17.8. The lowest BCUT2D eigenvalue weighted by Crippen LogP contribution is -2.52. The van der Waals surface area contributed by atoms with Gasteiger partial charge in [0, 0.05) is 24.6 Å². The van der Waals surface area contributed by atoms with Gasteiger partial charge in [0.1, 0.15) is 23.1 Å². The maximum atomic E-state index is 14.0. The molecule has 2 heterocycles. The van der Waals surface area contributed by atoms with E-state index in [9.17, 15) is 14.9 Å². The monoisotopic (exact) mass is 498 g/mol. The molecule has 1 atom stereocenters. The van der Waals surface area contributed by atoms with Crippen molar-refractivity contribution < 1.29 is 13.7 Å². The Labute approximate surface area is 215 Å². The molecule has 0 aliphatic carbocycles. The van der Waals surface area contributed by atoms with Gasteiger partial charge in [-0.3, -0.25) is 9.59 Å². The first kappa shape index (κ1) is 25.9. The number of hydrogen-bond donors (Lipinski definition) is 1. The molecule has 0 radical (unpaired) electrons. The third kappa shape index (κ3) is 4.91. The van der Waals surface area contributed by atoms with Crippen molar-refractivity contribution in [3.63, 3.8) is 0 Å². The number of nitriles is 1. The maximum absolute atomic E-state index is 14.0. The van der Waals surface area contributed by atoms with Crippen LogP contribution < -0.4 is 11.2 Å². The summed E-state index contributed by atoms with van der Waals surface area (Å²) in [5, 5.41) is 13.7. The fraction of sp³-hybridized carbons (Fsp3) is 0.310. The van der Waals surface area contributed by atoms with Gasteiger partial charge in [-0.1, -0.05) is 49.3 Å². The number of carbonyl (C=O) groups is 1. The van der Waals surface area contributed by atoms with Gasteiger partial charge in [0.25, 0.3) is 5.91 Å². The van der Waals surface area contributed by atoms with E-state index < -0.39 is 5.54 Å². The predicted molar refractivity (Wildman–Crippen MR) is 140 cm³/mol. The number of rotatable bonds is 9. The molecule has 2 aromatic carbocycles. The summed E-state index contributed by atoms with van der Waals surface area (Å²) in [5.74, 6) is -0.138. The number of benzene rings is 2. The van der Waals surface area contributed by atoms with E-state index in [0.29, 0.717) is 53.8 Å². The van der Waals surface area contributed by atoms with E-state index in [1.165, 1.54) is 12.3 Å². The minimum absolute atomic E-state index is 0.156. The van der Waals surface area contributed by atoms with Gasteiger partial charge in [-0.05, 0) is 49.6 Å². The van der Waals surface area contributed by atoms with Gasteiger partial charge in [-0.15, -0.1) is 0 Å². The van der Waals surface area contributed by atoms with E-state index in [4.69, 9.17) is 14.7 Å². The Morgan fingerprint density at radius 2 is 1.95 bits per heavy atom. The molecule has 0 aliphatic rings. The Balaban J connectivity index is 2.02. The van der Waals surface area contributed by atoms with Crippen LogP contribution in [0.1, 0.15) is 60.1 Å².